The molecule has 0 amide bonds. The minimum Gasteiger partial charge on any atom is -0.314 e. The van der Waals surface area contributed by atoms with Crippen LogP contribution in [0.1, 0.15) is 186 Å². The number of nitrogens with zero attached hydrogens (tertiary/aromatic N) is 1. The number of hydrogen-bond donors (Lipinski definition) is 0. The van der Waals surface area contributed by atoms with E-state index >= 15 is 0 Å². The van der Waals surface area contributed by atoms with Crippen LogP contribution in [0.5, 0.6) is 0 Å². The average Bonchev–Trinajstić information content (AvgIpc) is 3.10. The molecule has 2 rings (SSSR count). The Kier molecular flexibility index (Phi) is 25.8. The molecule has 0 spiro atoms. The number of benzene rings is 1. The normalized spacial score (nSPS) is 19.6. The predicted molar refractivity (Wildman–Crippen MR) is 224 cm³/mol. The van der Waals surface area contributed by atoms with Gasteiger partial charge in [0, 0.05) is 24.9 Å². The molecule has 3 nitrogen and oxygen atoms in total. The van der Waals surface area contributed by atoms with Crippen molar-refractivity contribution in [2.24, 2.45) is 0 Å². The summed E-state index contributed by atoms with van der Waals surface area (Å²) in [6.45, 7) is 7.51. The van der Waals surface area contributed by atoms with E-state index in [2.05, 4.69) is 125 Å². The first-order valence-electron chi connectivity index (χ1n) is 21.3. The van der Waals surface area contributed by atoms with Gasteiger partial charge in [-0.25, -0.2) is 0 Å². The van der Waals surface area contributed by atoms with E-state index in [1.807, 2.05) is 0 Å². The molecule has 1 aromatic rings. The molecule has 1 aromatic carbocycles. The van der Waals surface area contributed by atoms with E-state index in [4.69, 9.17) is 9.47 Å². The van der Waals surface area contributed by atoms with Crippen LogP contribution in [-0.2, 0) is 21.8 Å². The lowest BCUT2D eigenvalue weighted by Crippen LogP contribution is -2.59. The number of allylic oxidation sites excluding steroid dienone is 10. The van der Waals surface area contributed by atoms with Gasteiger partial charge >= 0.3 is 0 Å². The fourth-order valence-corrected chi connectivity index (χ4v) is 7.02. The third kappa shape index (κ3) is 21.8. The summed E-state index contributed by atoms with van der Waals surface area (Å²) in [5, 5.41) is 0. The second-order valence-electron chi connectivity index (χ2n) is 15.3. The van der Waals surface area contributed by atoms with E-state index in [9.17, 15) is 0 Å². The van der Waals surface area contributed by atoms with Gasteiger partial charge in [0.05, 0.1) is 0 Å². The lowest BCUT2D eigenvalue weighted by atomic mass is 9.93. The van der Waals surface area contributed by atoms with Gasteiger partial charge in [0.15, 0.2) is 11.6 Å². The van der Waals surface area contributed by atoms with Gasteiger partial charge in [-0.1, -0.05) is 163 Å². The SMILES string of the molecule is CC/C=C\C/C=C\C/C=C\CCCCCCCCC1(CCCCCCCC/C=C\C/C=C\CCCCC)OC(C)(c2ccc(CN(C)C)cc2)O1. The van der Waals surface area contributed by atoms with Crippen LogP contribution in [0.2, 0.25) is 0 Å². The summed E-state index contributed by atoms with van der Waals surface area (Å²) >= 11 is 0. The van der Waals surface area contributed by atoms with Crippen LogP contribution in [0.3, 0.4) is 0 Å². The van der Waals surface area contributed by atoms with E-state index in [0.29, 0.717) is 0 Å². The van der Waals surface area contributed by atoms with E-state index in [1.54, 1.807) is 0 Å². The molecule has 0 aromatic heterocycles. The highest BCUT2D eigenvalue weighted by atomic mass is 16.9. The highest BCUT2D eigenvalue weighted by Crippen LogP contribution is 2.50. The summed E-state index contributed by atoms with van der Waals surface area (Å²) in [5.74, 6) is -1.05. The summed E-state index contributed by atoms with van der Waals surface area (Å²) in [6, 6.07) is 8.83. The van der Waals surface area contributed by atoms with Crippen molar-refractivity contribution in [1.29, 1.82) is 0 Å². The smallest absolute Gasteiger partial charge is 0.198 e. The Morgan fingerprint density at radius 3 is 1.37 bits per heavy atom. The fraction of sp³-hybridized carbons (Fsp3) is 0.667. The molecule has 1 fully saturated rings. The zero-order chi connectivity index (χ0) is 36.7. The molecule has 3 heteroatoms. The third-order valence-corrected chi connectivity index (χ3v) is 9.96. The molecule has 0 atom stereocenters. The van der Waals surface area contributed by atoms with E-state index in [1.165, 1.54) is 121 Å². The molecule has 0 aliphatic carbocycles. The van der Waals surface area contributed by atoms with Gasteiger partial charge in [-0.3, -0.25) is 0 Å². The van der Waals surface area contributed by atoms with Gasteiger partial charge in [0.25, 0.3) is 0 Å². The van der Waals surface area contributed by atoms with Gasteiger partial charge in [-0.05, 0) is 104 Å². The molecule has 0 bridgehead atoms. The summed E-state index contributed by atoms with van der Waals surface area (Å²) in [7, 11) is 4.23. The summed E-state index contributed by atoms with van der Waals surface area (Å²) < 4.78 is 13.6. The fourth-order valence-electron chi connectivity index (χ4n) is 7.02. The van der Waals surface area contributed by atoms with Gasteiger partial charge < -0.3 is 14.4 Å². The average molecular weight is 702 g/mol. The van der Waals surface area contributed by atoms with Crippen molar-refractivity contribution in [2.45, 2.75) is 193 Å². The molecule has 1 aliphatic heterocycles. The summed E-state index contributed by atoms with van der Waals surface area (Å²) in [6.07, 6.45) is 52.6. The summed E-state index contributed by atoms with van der Waals surface area (Å²) in [5.41, 5.74) is 2.45. The lowest BCUT2D eigenvalue weighted by molar-refractivity contribution is -0.518. The highest BCUT2D eigenvalue weighted by molar-refractivity contribution is 5.27. The van der Waals surface area contributed by atoms with Crippen LogP contribution in [0.25, 0.3) is 0 Å². The minimum absolute atomic E-state index is 0.419. The lowest BCUT2D eigenvalue weighted by Gasteiger charge is -2.55. The van der Waals surface area contributed by atoms with E-state index in [-0.39, 0.29) is 0 Å². The first-order valence-corrected chi connectivity index (χ1v) is 21.3. The first-order chi connectivity index (χ1) is 24.9. The van der Waals surface area contributed by atoms with Crippen molar-refractivity contribution in [3.05, 3.63) is 96.2 Å². The predicted octanol–water partition coefficient (Wildman–Crippen LogP) is 14.8. The largest absolute Gasteiger partial charge is 0.314 e. The van der Waals surface area contributed by atoms with Gasteiger partial charge in [-0.15, -0.1) is 0 Å². The number of hydrogen-bond acceptors (Lipinski definition) is 3. The minimum atomic E-state index is -0.635. The number of ether oxygens (including phenoxy) is 2. The number of unbranched alkanes of at least 4 members (excludes halogenated alkanes) is 15. The molecule has 0 N–H and O–H groups in total. The molecule has 288 valence electrons. The van der Waals surface area contributed by atoms with Crippen molar-refractivity contribution < 1.29 is 9.47 Å². The van der Waals surface area contributed by atoms with Crippen molar-refractivity contribution in [3.8, 4) is 0 Å². The third-order valence-electron chi connectivity index (χ3n) is 9.96. The maximum absolute atomic E-state index is 6.81. The molecule has 0 unspecified atom stereocenters. The Morgan fingerprint density at radius 1 is 0.510 bits per heavy atom. The number of rotatable bonds is 32. The van der Waals surface area contributed by atoms with E-state index < -0.39 is 11.6 Å². The first kappa shape index (κ1) is 45.0. The highest BCUT2D eigenvalue weighted by Gasteiger charge is 2.54. The quantitative estimate of drug-likeness (QED) is 0.0551. The van der Waals surface area contributed by atoms with Gasteiger partial charge in [-0.2, -0.15) is 0 Å². The molecule has 1 saturated heterocycles. The molecule has 1 heterocycles. The van der Waals surface area contributed by atoms with Crippen molar-refractivity contribution in [1.82, 2.24) is 4.90 Å². The second kappa shape index (κ2) is 29.3. The molecule has 51 heavy (non-hydrogen) atoms. The van der Waals surface area contributed by atoms with Crippen molar-refractivity contribution in [3.63, 3.8) is 0 Å². The van der Waals surface area contributed by atoms with E-state index in [0.717, 1.165) is 50.6 Å². The Balaban J connectivity index is 1.66. The van der Waals surface area contributed by atoms with Crippen LogP contribution in [0.4, 0.5) is 0 Å². The molecular weight excluding hydrogens is 623 g/mol. The monoisotopic (exact) mass is 702 g/mol. The molecule has 0 saturated carbocycles. The standard InChI is InChI=1S/C48H79NO2/c1-6-8-10-12-14-16-18-20-22-24-26-28-30-32-34-36-42-48(50-47(3,51-48)46-40-38-45(39-41-46)44-49(4)5)43-37-35-33-31-29-27-25-23-21-19-17-15-13-11-9-7-2/h8,10,14-17,20-23,38-41H,6-7,9,11-13,18-19,24-37,42-44H2,1-5H3/b10-8-,16-14-,17-15-,22-20-,23-21-. The zero-order valence-corrected chi connectivity index (χ0v) is 34.0. The van der Waals surface area contributed by atoms with Crippen LogP contribution in [0.15, 0.2) is 85.0 Å². The maximum atomic E-state index is 6.81. The van der Waals surface area contributed by atoms with Crippen molar-refractivity contribution in [2.75, 3.05) is 14.1 Å². The maximum Gasteiger partial charge on any atom is 0.198 e. The molecule has 0 radical (unpaired) electrons. The Labute approximate surface area is 316 Å². The molecular formula is C48H79NO2. The van der Waals surface area contributed by atoms with Crippen LogP contribution in [-0.4, -0.2) is 24.8 Å². The van der Waals surface area contributed by atoms with Gasteiger partial charge in [0.2, 0.25) is 0 Å². The zero-order valence-electron chi connectivity index (χ0n) is 34.0. The Bertz CT molecular complexity index is 1100. The van der Waals surface area contributed by atoms with Crippen LogP contribution in [0, 0.1) is 0 Å². The van der Waals surface area contributed by atoms with Crippen molar-refractivity contribution >= 4 is 0 Å². The van der Waals surface area contributed by atoms with Crippen LogP contribution < -0.4 is 0 Å². The second-order valence-corrected chi connectivity index (χ2v) is 15.3. The summed E-state index contributed by atoms with van der Waals surface area (Å²) in [4.78, 5) is 2.20. The van der Waals surface area contributed by atoms with Crippen LogP contribution >= 0.6 is 0 Å². The Morgan fingerprint density at radius 2 is 0.922 bits per heavy atom. The molecule has 1 aliphatic rings. The Hall–Kier alpha value is -2.20. The van der Waals surface area contributed by atoms with Gasteiger partial charge in [0.1, 0.15) is 0 Å². The topological polar surface area (TPSA) is 21.7 Å².